The summed E-state index contributed by atoms with van der Waals surface area (Å²) in [4.78, 5) is 9.13. The van der Waals surface area contributed by atoms with Crippen LogP contribution in [-0.4, -0.2) is 48.6 Å². The quantitative estimate of drug-likeness (QED) is 0.900. The fourth-order valence-electron chi connectivity index (χ4n) is 2.79. The van der Waals surface area contributed by atoms with Crippen molar-refractivity contribution in [2.75, 3.05) is 37.6 Å². The summed E-state index contributed by atoms with van der Waals surface area (Å²) in [5.74, 6) is 0. The minimum absolute atomic E-state index is 0.646. The maximum absolute atomic E-state index is 5.70. The second kappa shape index (κ2) is 7.22. The van der Waals surface area contributed by atoms with E-state index < -0.39 is 0 Å². The Hall–Kier alpha value is -0.650. The number of pyridine rings is 1. The lowest BCUT2D eigenvalue weighted by molar-refractivity contribution is 0.173. The average molecular weight is 327 g/mol. The number of aromatic nitrogens is 1. The predicted molar refractivity (Wildman–Crippen MR) is 83.5 cm³/mol. The molecule has 0 saturated carbocycles. The van der Waals surface area contributed by atoms with Crippen molar-refractivity contribution in [3.8, 4) is 0 Å². The van der Waals surface area contributed by atoms with E-state index in [1.54, 1.807) is 0 Å². The van der Waals surface area contributed by atoms with Gasteiger partial charge in [-0.3, -0.25) is 9.88 Å². The Morgan fingerprint density at radius 3 is 2.68 bits per heavy atom. The summed E-state index contributed by atoms with van der Waals surface area (Å²) in [6.45, 7) is 7.43. The molecule has 0 bridgehead atoms. The molecule has 2 heterocycles. The summed E-state index contributed by atoms with van der Waals surface area (Å²) in [5, 5.41) is 0. The van der Waals surface area contributed by atoms with Crippen molar-refractivity contribution in [2.24, 2.45) is 5.73 Å². The highest BCUT2D eigenvalue weighted by Crippen LogP contribution is 2.26. The van der Waals surface area contributed by atoms with Crippen molar-refractivity contribution >= 4 is 21.6 Å². The molecule has 1 aliphatic rings. The van der Waals surface area contributed by atoms with E-state index in [0.717, 1.165) is 43.6 Å². The van der Waals surface area contributed by atoms with Crippen LogP contribution in [0.25, 0.3) is 0 Å². The van der Waals surface area contributed by atoms with Gasteiger partial charge in [-0.2, -0.15) is 0 Å². The van der Waals surface area contributed by atoms with Crippen molar-refractivity contribution in [2.45, 2.75) is 25.8 Å². The standard InChI is InChI=1S/C14H23BrN4/c1-2-12(3-5-16)18-7-9-19(10-8-18)14-4-6-17-11-13(14)15/h4,6,11-12H,2-3,5,7-10,16H2,1H3. The van der Waals surface area contributed by atoms with Gasteiger partial charge in [0.25, 0.3) is 0 Å². The normalized spacial score (nSPS) is 18.6. The first-order valence-corrected chi connectivity index (χ1v) is 7.84. The van der Waals surface area contributed by atoms with Crippen LogP contribution in [0.4, 0.5) is 5.69 Å². The van der Waals surface area contributed by atoms with Gasteiger partial charge in [0, 0.05) is 44.6 Å². The van der Waals surface area contributed by atoms with Crippen molar-refractivity contribution in [3.63, 3.8) is 0 Å². The molecule has 1 saturated heterocycles. The SMILES string of the molecule is CCC(CCN)N1CCN(c2ccncc2Br)CC1. The molecule has 106 valence electrons. The topological polar surface area (TPSA) is 45.4 Å². The van der Waals surface area contributed by atoms with Gasteiger partial charge in [0.05, 0.1) is 10.2 Å². The predicted octanol–water partition coefficient (Wildman–Crippen LogP) is 2.09. The summed E-state index contributed by atoms with van der Waals surface area (Å²) in [6, 6.07) is 2.73. The van der Waals surface area contributed by atoms with Gasteiger partial charge < -0.3 is 10.6 Å². The van der Waals surface area contributed by atoms with Gasteiger partial charge in [-0.1, -0.05) is 6.92 Å². The van der Waals surface area contributed by atoms with Crippen molar-refractivity contribution < 1.29 is 0 Å². The Balaban J connectivity index is 1.94. The summed E-state index contributed by atoms with van der Waals surface area (Å²) in [5.41, 5.74) is 6.95. The Kier molecular flexibility index (Phi) is 5.60. The van der Waals surface area contributed by atoms with Crippen LogP contribution in [0.5, 0.6) is 0 Å². The first kappa shape index (κ1) is 14.8. The number of halogens is 1. The highest BCUT2D eigenvalue weighted by atomic mass is 79.9. The van der Waals surface area contributed by atoms with Gasteiger partial charge in [0.1, 0.15) is 0 Å². The smallest absolute Gasteiger partial charge is 0.0592 e. The molecule has 0 aliphatic carbocycles. The molecule has 1 aromatic heterocycles. The zero-order valence-electron chi connectivity index (χ0n) is 11.6. The summed E-state index contributed by atoms with van der Waals surface area (Å²) in [7, 11) is 0. The largest absolute Gasteiger partial charge is 0.368 e. The van der Waals surface area contributed by atoms with Gasteiger partial charge in [-0.05, 0) is 41.4 Å². The Bertz CT molecular complexity index is 391. The van der Waals surface area contributed by atoms with E-state index in [9.17, 15) is 0 Å². The van der Waals surface area contributed by atoms with Gasteiger partial charge in [-0.25, -0.2) is 0 Å². The number of anilines is 1. The van der Waals surface area contributed by atoms with Crippen LogP contribution in [0.2, 0.25) is 0 Å². The van der Waals surface area contributed by atoms with E-state index in [2.05, 4.69) is 43.7 Å². The first-order chi connectivity index (χ1) is 9.26. The Morgan fingerprint density at radius 2 is 2.11 bits per heavy atom. The van der Waals surface area contributed by atoms with Gasteiger partial charge in [0.15, 0.2) is 0 Å². The third kappa shape index (κ3) is 3.68. The van der Waals surface area contributed by atoms with E-state index in [0.29, 0.717) is 6.04 Å². The molecule has 5 heteroatoms. The number of rotatable bonds is 5. The molecule has 0 radical (unpaired) electrons. The van der Waals surface area contributed by atoms with Crippen LogP contribution in [0.15, 0.2) is 22.9 Å². The fourth-order valence-corrected chi connectivity index (χ4v) is 3.29. The van der Waals surface area contributed by atoms with Crippen molar-refractivity contribution in [3.05, 3.63) is 22.9 Å². The molecular formula is C14H23BrN4. The molecule has 2 rings (SSSR count). The fraction of sp³-hybridized carbons (Fsp3) is 0.643. The lowest BCUT2D eigenvalue weighted by Crippen LogP contribution is -2.50. The molecule has 19 heavy (non-hydrogen) atoms. The summed E-state index contributed by atoms with van der Waals surface area (Å²) < 4.78 is 1.08. The number of hydrogen-bond donors (Lipinski definition) is 1. The third-order valence-electron chi connectivity index (χ3n) is 3.89. The molecule has 1 fully saturated rings. The molecule has 1 aromatic rings. The van der Waals surface area contributed by atoms with E-state index in [1.807, 2.05) is 12.4 Å². The average Bonchev–Trinajstić information content (AvgIpc) is 2.46. The molecule has 1 aliphatic heterocycles. The number of hydrogen-bond acceptors (Lipinski definition) is 4. The Morgan fingerprint density at radius 1 is 1.37 bits per heavy atom. The van der Waals surface area contributed by atoms with Gasteiger partial charge >= 0.3 is 0 Å². The van der Waals surface area contributed by atoms with E-state index >= 15 is 0 Å². The lowest BCUT2D eigenvalue weighted by Gasteiger charge is -2.40. The highest BCUT2D eigenvalue weighted by Gasteiger charge is 2.23. The molecule has 4 nitrogen and oxygen atoms in total. The van der Waals surface area contributed by atoms with Crippen LogP contribution in [0.3, 0.4) is 0 Å². The van der Waals surface area contributed by atoms with E-state index in [4.69, 9.17) is 5.73 Å². The molecule has 2 N–H and O–H groups in total. The zero-order valence-corrected chi connectivity index (χ0v) is 13.1. The second-order valence-corrected chi connectivity index (χ2v) is 5.84. The van der Waals surface area contributed by atoms with Crippen LogP contribution in [0, 0.1) is 0 Å². The van der Waals surface area contributed by atoms with E-state index in [1.165, 1.54) is 12.1 Å². The monoisotopic (exact) mass is 326 g/mol. The highest BCUT2D eigenvalue weighted by molar-refractivity contribution is 9.10. The molecule has 1 unspecified atom stereocenters. The molecular weight excluding hydrogens is 304 g/mol. The molecule has 0 amide bonds. The Labute approximate surface area is 124 Å². The summed E-state index contributed by atoms with van der Waals surface area (Å²) >= 11 is 3.58. The third-order valence-corrected chi connectivity index (χ3v) is 4.50. The lowest BCUT2D eigenvalue weighted by atomic mass is 10.1. The van der Waals surface area contributed by atoms with Crippen LogP contribution < -0.4 is 10.6 Å². The molecule has 0 aromatic carbocycles. The number of nitrogens with zero attached hydrogens (tertiary/aromatic N) is 3. The van der Waals surface area contributed by atoms with Crippen molar-refractivity contribution in [1.29, 1.82) is 0 Å². The van der Waals surface area contributed by atoms with Crippen LogP contribution in [-0.2, 0) is 0 Å². The summed E-state index contributed by atoms with van der Waals surface area (Å²) in [6.07, 6.45) is 6.02. The minimum Gasteiger partial charge on any atom is -0.368 e. The number of nitrogens with two attached hydrogens (primary N) is 1. The first-order valence-electron chi connectivity index (χ1n) is 7.04. The van der Waals surface area contributed by atoms with Crippen LogP contribution in [0.1, 0.15) is 19.8 Å². The zero-order chi connectivity index (χ0) is 13.7. The number of piperazine rings is 1. The van der Waals surface area contributed by atoms with E-state index in [-0.39, 0.29) is 0 Å². The van der Waals surface area contributed by atoms with Crippen LogP contribution >= 0.6 is 15.9 Å². The van der Waals surface area contributed by atoms with Gasteiger partial charge in [0.2, 0.25) is 0 Å². The maximum Gasteiger partial charge on any atom is 0.0592 e. The second-order valence-electron chi connectivity index (χ2n) is 4.99. The van der Waals surface area contributed by atoms with Crippen molar-refractivity contribution in [1.82, 2.24) is 9.88 Å². The van der Waals surface area contributed by atoms with Gasteiger partial charge in [-0.15, -0.1) is 0 Å². The minimum atomic E-state index is 0.646. The molecule has 0 spiro atoms. The molecule has 1 atom stereocenters. The maximum atomic E-state index is 5.70.